The van der Waals surface area contributed by atoms with Gasteiger partial charge in [0.15, 0.2) is 0 Å². The molecule has 2 aromatic carbocycles. The summed E-state index contributed by atoms with van der Waals surface area (Å²) in [6.45, 7) is 0. The van der Waals surface area contributed by atoms with Crippen molar-refractivity contribution in [2.24, 2.45) is 0 Å². The third-order valence-electron chi connectivity index (χ3n) is 3.64. The Bertz CT molecular complexity index is 1140. The fourth-order valence-electron chi connectivity index (χ4n) is 2.55. The summed E-state index contributed by atoms with van der Waals surface area (Å²) in [7, 11) is 0. The van der Waals surface area contributed by atoms with Crippen molar-refractivity contribution in [1.29, 1.82) is 0 Å². The molecule has 0 bridgehead atoms. The molecule has 2 heterocycles. The summed E-state index contributed by atoms with van der Waals surface area (Å²) >= 11 is 0.986. The zero-order valence-electron chi connectivity index (χ0n) is 12.3. The van der Waals surface area contributed by atoms with Crippen LogP contribution >= 0.6 is 11.3 Å². The molecular formula is C17H8F3NO3S. The summed E-state index contributed by atoms with van der Waals surface area (Å²) in [6.07, 6.45) is -4.88. The van der Waals surface area contributed by atoms with E-state index in [0.29, 0.717) is 10.2 Å². The molecule has 0 saturated carbocycles. The third-order valence-corrected chi connectivity index (χ3v) is 4.70. The SMILES string of the molecule is O=c1c(-c2nc3ccccc3s2)c(C(F)(F)F)oc2cc(O)ccc12. The molecule has 0 amide bonds. The van der Waals surface area contributed by atoms with E-state index in [-0.39, 0.29) is 21.7 Å². The number of para-hydroxylation sites is 1. The number of halogens is 3. The van der Waals surface area contributed by atoms with Gasteiger partial charge in [0.2, 0.25) is 11.2 Å². The van der Waals surface area contributed by atoms with Crippen molar-refractivity contribution in [1.82, 2.24) is 4.98 Å². The van der Waals surface area contributed by atoms with Gasteiger partial charge in [0, 0.05) is 6.07 Å². The minimum absolute atomic E-state index is 0.0555. The smallest absolute Gasteiger partial charge is 0.450 e. The van der Waals surface area contributed by atoms with Crippen LogP contribution in [-0.4, -0.2) is 10.1 Å². The lowest BCUT2D eigenvalue weighted by molar-refractivity contribution is -0.152. The summed E-state index contributed by atoms with van der Waals surface area (Å²) < 4.78 is 46.1. The fraction of sp³-hybridized carbons (Fsp3) is 0.0588. The van der Waals surface area contributed by atoms with E-state index < -0.39 is 22.9 Å². The number of aromatic hydroxyl groups is 1. The van der Waals surface area contributed by atoms with Crippen molar-refractivity contribution >= 4 is 32.5 Å². The van der Waals surface area contributed by atoms with Crippen LogP contribution < -0.4 is 5.43 Å². The molecule has 0 aliphatic rings. The monoisotopic (exact) mass is 363 g/mol. The highest BCUT2D eigenvalue weighted by atomic mass is 32.1. The zero-order chi connectivity index (χ0) is 17.8. The lowest BCUT2D eigenvalue weighted by Crippen LogP contribution is -2.15. The Balaban J connectivity index is 2.12. The van der Waals surface area contributed by atoms with Gasteiger partial charge in [0.25, 0.3) is 0 Å². The first kappa shape index (κ1) is 15.6. The standard InChI is InChI=1S/C17H8F3NO3S/c18-17(19,20)15-13(16-21-10-3-1-2-4-12(10)25-16)14(23)9-6-5-8(22)7-11(9)24-15/h1-7,22H. The molecule has 2 aromatic heterocycles. The molecule has 0 aliphatic carbocycles. The van der Waals surface area contributed by atoms with Gasteiger partial charge in [-0.3, -0.25) is 4.79 Å². The Morgan fingerprint density at radius 1 is 1.12 bits per heavy atom. The molecule has 4 aromatic rings. The predicted octanol–water partition coefficient (Wildman–Crippen LogP) is 4.79. The minimum atomic E-state index is -4.88. The summed E-state index contributed by atoms with van der Waals surface area (Å²) in [5.41, 5.74) is -1.29. The minimum Gasteiger partial charge on any atom is -0.508 e. The van der Waals surface area contributed by atoms with Gasteiger partial charge in [0.1, 0.15) is 21.9 Å². The Morgan fingerprint density at radius 2 is 1.88 bits per heavy atom. The summed E-state index contributed by atoms with van der Waals surface area (Å²) in [5, 5.41) is 9.33. The number of phenols is 1. The molecule has 126 valence electrons. The predicted molar refractivity (Wildman–Crippen MR) is 87.8 cm³/mol. The van der Waals surface area contributed by atoms with Crippen molar-refractivity contribution < 1.29 is 22.7 Å². The van der Waals surface area contributed by atoms with Gasteiger partial charge in [0.05, 0.1) is 15.6 Å². The fourth-order valence-corrected chi connectivity index (χ4v) is 3.56. The quantitative estimate of drug-likeness (QED) is 0.528. The number of benzene rings is 2. The number of alkyl halides is 3. The van der Waals surface area contributed by atoms with Gasteiger partial charge in [-0.2, -0.15) is 13.2 Å². The Labute approximate surface area is 141 Å². The average molecular weight is 363 g/mol. The van der Waals surface area contributed by atoms with Crippen LogP contribution in [0.4, 0.5) is 13.2 Å². The van der Waals surface area contributed by atoms with Crippen LogP contribution in [0, 0.1) is 0 Å². The maximum Gasteiger partial charge on any atom is 0.450 e. The molecule has 0 unspecified atom stereocenters. The molecule has 0 atom stereocenters. The van der Waals surface area contributed by atoms with E-state index in [2.05, 4.69) is 4.98 Å². The van der Waals surface area contributed by atoms with E-state index in [1.165, 1.54) is 12.1 Å². The Hall–Kier alpha value is -2.87. The summed E-state index contributed by atoms with van der Waals surface area (Å²) in [4.78, 5) is 16.9. The first-order chi connectivity index (χ1) is 11.8. The Morgan fingerprint density at radius 3 is 2.60 bits per heavy atom. The van der Waals surface area contributed by atoms with Gasteiger partial charge < -0.3 is 9.52 Å². The van der Waals surface area contributed by atoms with Gasteiger partial charge in [-0.25, -0.2) is 4.98 Å². The van der Waals surface area contributed by atoms with Crippen LogP contribution in [0.1, 0.15) is 5.76 Å². The van der Waals surface area contributed by atoms with Crippen molar-refractivity contribution in [3.8, 4) is 16.3 Å². The molecule has 25 heavy (non-hydrogen) atoms. The van der Waals surface area contributed by atoms with Gasteiger partial charge in [-0.1, -0.05) is 12.1 Å². The average Bonchev–Trinajstić information content (AvgIpc) is 2.97. The first-order valence-corrected chi connectivity index (χ1v) is 7.89. The van der Waals surface area contributed by atoms with Crippen molar-refractivity contribution in [2.75, 3.05) is 0 Å². The van der Waals surface area contributed by atoms with E-state index in [1.54, 1.807) is 24.3 Å². The van der Waals surface area contributed by atoms with Gasteiger partial charge in [-0.15, -0.1) is 11.3 Å². The molecule has 0 fully saturated rings. The maximum absolute atomic E-state index is 13.5. The molecule has 8 heteroatoms. The first-order valence-electron chi connectivity index (χ1n) is 7.07. The number of thiazole rings is 1. The zero-order valence-corrected chi connectivity index (χ0v) is 13.1. The number of aromatic nitrogens is 1. The molecule has 4 nitrogen and oxygen atoms in total. The molecule has 0 saturated heterocycles. The van der Waals surface area contributed by atoms with Crippen LogP contribution in [0.2, 0.25) is 0 Å². The van der Waals surface area contributed by atoms with Crippen molar-refractivity contribution in [3.05, 3.63) is 58.4 Å². The van der Waals surface area contributed by atoms with E-state index in [0.717, 1.165) is 17.4 Å². The number of phenolic OH excluding ortho intramolecular Hbond substituents is 1. The Kier molecular flexibility index (Phi) is 3.33. The van der Waals surface area contributed by atoms with E-state index >= 15 is 0 Å². The summed E-state index contributed by atoms with van der Waals surface area (Å²) in [6, 6.07) is 10.2. The number of hydrogen-bond acceptors (Lipinski definition) is 5. The van der Waals surface area contributed by atoms with E-state index in [1.807, 2.05) is 0 Å². The second-order valence-electron chi connectivity index (χ2n) is 5.30. The molecule has 0 spiro atoms. The van der Waals surface area contributed by atoms with Crippen molar-refractivity contribution in [3.63, 3.8) is 0 Å². The van der Waals surface area contributed by atoms with Crippen molar-refractivity contribution in [2.45, 2.75) is 6.18 Å². The second kappa shape index (κ2) is 5.32. The lowest BCUT2D eigenvalue weighted by Gasteiger charge is -2.11. The maximum atomic E-state index is 13.5. The molecule has 0 aliphatic heterocycles. The topological polar surface area (TPSA) is 63.3 Å². The van der Waals surface area contributed by atoms with Crippen LogP contribution in [0.5, 0.6) is 5.75 Å². The van der Waals surface area contributed by atoms with Gasteiger partial charge >= 0.3 is 6.18 Å². The molecule has 4 rings (SSSR count). The summed E-state index contributed by atoms with van der Waals surface area (Å²) in [5.74, 6) is -1.72. The van der Waals surface area contributed by atoms with Gasteiger partial charge in [-0.05, 0) is 24.3 Å². The third kappa shape index (κ3) is 2.54. The molecule has 0 radical (unpaired) electrons. The molecular weight excluding hydrogens is 355 g/mol. The normalized spacial score (nSPS) is 12.1. The lowest BCUT2D eigenvalue weighted by atomic mass is 10.1. The number of rotatable bonds is 1. The largest absolute Gasteiger partial charge is 0.508 e. The molecule has 1 N–H and O–H groups in total. The number of hydrogen-bond donors (Lipinski definition) is 1. The van der Waals surface area contributed by atoms with Crippen LogP contribution in [0.15, 0.2) is 51.7 Å². The van der Waals surface area contributed by atoms with Crippen LogP contribution in [0.25, 0.3) is 31.8 Å². The van der Waals surface area contributed by atoms with E-state index in [9.17, 15) is 23.1 Å². The van der Waals surface area contributed by atoms with Crippen LogP contribution in [0.3, 0.4) is 0 Å². The highest BCUT2D eigenvalue weighted by Gasteiger charge is 2.40. The van der Waals surface area contributed by atoms with Crippen LogP contribution in [-0.2, 0) is 6.18 Å². The second-order valence-corrected chi connectivity index (χ2v) is 6.33. The highest BCUT2D eigenvalue weighted by molar-refractivity contribution is 7.21. The van der Waals surface area contributed by atoms with E-state index in [4.69, 9.17) is 4.42 Å². The number of fused-ring (bicyclic) bond motifs is 2. The number of nitrogens with zero attached hydrogens (tertiary/aromatic N) is 1. The highest BCUT2D eigenvalue weighted by Crippen LogP contribution is 2.39.